The Morgan fingerprint density at radius 3 is 1.57 bits per heavy atom. The molecular weight excluding hydrogens is 512 g/mol. The molecule has 244 valence electrons. The molecule has 1 fully saturated rings. The Labute approximate surface area is 262 Å². The van der Waals surface area contributed by atoms with E-state index in [0.29, 0.717) is 0 Å². The molecular formula is C40H72O2. The van der Waals surface area contributed by atoms with E-state index in [1.807, 2.05) is 0 Å². The first-order chi connectivity index (χ1) is 18.5. The summed E-state index contributed by atoms with van der Waals surface area (Å²) in [5, 5.41) is 19.4. The van der Waals surface area contributed by atoms with Crippen molar-refractivity contribution in [1.29, 1.82) is 0 Å². The molecule has 2 rings (SSSR count). The molecule has 2 heteroatoms. The Bertz CT molecular complexity index is 1080. The number of rotatable bonds is 14. The first kappa shape index (κ1) is 37.3. The van der Waals surface area contributed by atoms with Gasteiger partial charge in [0.25, 0.3) is 0 Å². The Balaban J connectivity index is 2.55. The molecule has 0 heterocycles. The summed E-state index contributed by atoms with van der Waals surface area (Å²) in [5.41, 5.74) is 5.42. The van der Waals surface area contributed by atoms with E-state index in [2.05, 4.69) is 136 Å². The average molecular weight is 585 g/mol. The molecule has 2 nitrogen and oxygen atoms in total. The van der Waals surface area contributed by atoms with Crippen LogP contribution in [0.3, 0.4) is 0 Å². The molecule has 0 spiro atoms. The fourth-order valence-electron chi connectivity index (χ4n) is 8.57. The summed E-state index contributed by atoms with van der Waals surface area (Å²) in [6.45, 7) is 41.5. The summed E-state index contributed by atoms with van der Waals surface area (Å²) in [7, 11) is 0. The van der Waals surface area contributed by atoms with Crippen LogP contribution in [-0.2, 0) is 16.2 Å². The Morgan fingerprint density at radius 1 is 0.595 bits per heavy atom. The lowest BCUT2D eigenvalue weighted by Gasteiger charge is -2.48. The predicted molar refractivity (Wildman–Crippen MR) is 184 cm³/mol. The van der Waals surface area contributed by atoms with Crippen molar-refractivity contribution in [3.8, 4) is 0 Å². The third-order valence-corrected chi connectivity index (χ3v) is 12.9. The molecule has 1 aliphatic rings. The van der Waals surface area contributed by atoms with Crippen LogP contribution in [0.25, 0.3) is 0 Å². The van der Waals surface area contributed by atoms with Crippen molar-refractivity contribution in [3.63, 3.8) is 0 Å². The molecule has 0 saturated heterocycles. The molecule has 0 radical (unpaired) electrons. The lowest BCUT2D eigenvalue weighted by Crippen LogP contribution is -2.41. The van der Waals surface area contributed by atoms with E-state index in [0.717, 1.165) is 32.1 Å². The molecule has 1 saturated carbocycles. The van der Waals surface area contributed by atoms with Crippen LogP contribution in [0.5, 0.6) is 0 Å². The van der Waals surface area contributed by atoms with Gasteiger partial charge in [0.1, 0.15) is 0 Å². The van der Waals surface area contributed by atoms with Gasteiger partial charge in [-0.25, -0.2) is 0 Å². The standard InChI is InChI=1S/C40H72O2/c1-32(2,3)29-22-30(38(14,15)37(12,13)26-34(6,7)25-33(4,5)18-20-41)24-31(23-29)40(17)28-39(40,16)27-36(10,11)35(8,9)19-21-42/h22-24,41-42H,18-21,25-28H2,1-17H3. The minimum atomic E-state index is -0.0224. The van der Waals surface area contributed by atoms with Gasteiger partial charge in [0, 0.05) is 13.2 Å². The first-order valence-electron chi connectivity index (χ1n) is 16.9. The van der Waals surface area contributed by atoms with Gasteiger partial charge in [-0.15, -0.1) is 0 Å². The summed E-state index contributed by atoms with van der Waals surface area (Å²) < 4.78 is 0. The highest BCUT2D eigenvalue weighted by atomic mass is 16.3. The fraction of sp³-hybridized carbons (Fsp3) is 0.850. The first-order valence-corrected chi connectivity index (χ1v) is 16.9. The molecule has 2 atom stereocenters. The smallest absolute Gasteiger partial charge is 0.0436 e. The second kappa shape index (κ2) is 11.5. The second-order valence-electron chi connectivity index (χ2n) is 20.2. The summed E-state index contributed by atoms with van der Waals surface area (Å²) in [6.07, 6.45) is 6.29. The molecule has 2 unspecified atom stereocenters. The van der Waals surface area contributed by atoms with Crippen molar-refractivity contribution in [2.45, 2.75) is 172 Å². The maximum Gasteiger partial charge on any atom is 0.0436 e. The number of hydrogen-bond donors (Lipinski definition) is 2. The van der Waals surface area contributed by atoms with Gasteiger partial charge in [-0.1, -0.05) is 136 Å². The molecule has 0 amide bonds. The van der Waals surface area contributed by atoms with Crippen molar-refractivity contribution in [3.05, 3.63) is 34.9 Å². The largest absolute Gasteiger partial charge is 0.396 e. The van der Waals surface area contributed by atoms with Gasteiger partial charge in [-0.05, 0) is 104 Å². The Morgan fingerprint density at radius 2 is 1.10 bits per heavy atom. The Hall–Kier alpha value is -0.860. The maximum absolute atomic E-state index is 9.78. The highest BCUT2D eigenvalue weighted by Crippen LogP contribution is 2.70. The van der Waals surface area contributed by atoms with Crippen LogP contribution < -0.4 is 0 Å². The predicted octanol–water partition coefficient (Wildman–Crippen LogP) is 11.0. The van der Waals surface area contributed by atoms with Crippen LogP contribution >= 0.6 is 0 Å². The second-order valence-corrected chi connectivity index (χ2v) is 20.2. The molecule has 2 N–H and O–H groups in total. The van der Waals surface area contributed by atoms with Crippen molar-refractivity contribution in [2.75, 3.05) is 13.2 Å². The highest BCUT2D eigenvalue weighted by molar-refractivity contribution is 5.46. The number of aliphatic hydroxyl groups excluding tert-OH is 2. The molecule has 1 aromatic rings. The minimum Gasteiger partial charge on any atom is -0.396 e. The number of hydrogen-bond acceptors (Lipinski definition) is 2. The van der Waals surface area contributed by atoms with Crippen molar-refractivity contribution in [2.24, 2.45) is 32.5 Å². The van der Waals surface area contributed by atoms with Gasteiger partial charge < -0.3 is 10.2 Å². The molecule has 0 aliphatic heterocycles. The van der Waals surface area contributed by atoms with Crippen LogP contribution in [0.4, 0.5) is 0 Å². The van der Waals surface area contributed by atoms with Crippen LogP contribution in [-0.4, -0.2) is 23.4 Å². The van der Waals surface area contributed by atoms with E-state index in [9.17, 15) is 10.2 Å². The lowest BCUT2D eigenvalue weighted by molar-refractivity contribution is 0.0441. The van der Waals surface area contributed by atoms with E-state index in [1.54, 1.807) is 0 Å². The summed E-state index contributed by atoms with van der Waals surface area (Å²) in [5.74, 6) is 0. The zero-order valence-corrected chi connectivity index (χ0v) is 31.3. The number of benzene rings is 1. The van der Waals surface area contributed by atoms with Gasteiger partial charge in [-0.2, -0.15) is 0 Å². The molecule has 0 aromatic heterocycles. The van der Waals surface area contributed by atoms with E-state index in [4.69, 9.17) is 0 Å². The number of aliphatic hydroxyl groups is 2. The zero-order valence-electron chi connectivity index (χ0n) is 31.3. The zero-order chi connectivity index (χ0) is 33.0. The van der Waals surface area contributed by atoms with E-state index in [1.165, 1.54) is 23.1 Å². The summed E-state index contributed by atoms with van der Waals surface area (Å²) in [6, 6.07) is 7.63. The normalized spacial score (nSPS) is 22.9. The van der Waals surface area contributed by atoms with Gasteiger partial charge in [0.05, 0.1) is 0 Å². The summed E-state index contributed by atoms with van der Waals surface area (Å²) in [4.78, 5) is 0. The molecule has 42 heavy (non-hydrogen) atoms. The molecule has 1 aliphatic carbocycles. The van der Waals surface area contributed by atoms with E-state index >= 15 is 0 Å². The van der Waals surface area contributed by atoms with Gasteiger partial charge in [-0.3, -0.25) is 0 Å². The molecule has 0 bridgehead atoms. The quantitative estimate of drug-likeness (QED) is 0.228. The molecule has 1 aromatic carbocycles. The van der Waals surface area contributed by atoms with Crippen LogP contribution in [0.15, 0.2) is 18.2 Å². The van der Waals surface area contributed by atoms with Crippen molar-refractivity contribution >= 4 is 0 Å². The van der Waals surface area contributed by atoms with Crippen LogP contribution in [0.1, 0.15) is 173 Å². The Kier molecular flexibility index (Phi) is 10.2. The van der Waals surface area contributed by atoms with Gasteiger partial charge in [0.15, 0.2) is 0 Å². The van der Waals surface area contributed by atoms with Gasteiger partial charge >= 0.3 is 0 Å². The SMILES string of the molecule is CC(C)(CCO)CC(C)(C)CC(C)(C)C(C)(C)c1cc(C(C)(C)C)cc(C2(C)CC2(C)CC(C)(C)C(C)(C)CCO)c1. The third kappa shape index (κ3) is 7.67. The van der Waals surface area contributed by atoms with E-state index in [-0.39, 0.29) is 61.9 Å². The monoisotopic (exact) mass is 585 g/mol. The maximum atomic E-state index is 9.78. The van der Waals surface area contributed by atoms with Crippen LogP contribution in [0, 0.1) is 32.5 Å². The van der Waals surface area contributed by atoms with Crippen molar-refractivity contribution in [1.82, 2.24) is 0 Å². The minimum absolute atomic E-state index is 0.0224. The fourth-order valence-corrected chi connectivity index (χ4v) is 8.57. The van der Waals surface area contributed by atoms with Crippen molar-refractivity contribution < 1.29 is 10.2 Å². The third-order valence-electron chi connectivity index (χ3n) is 12.9. The average Bonchev–Trinajstić information content (AvgIpc) is 3.30. The van der Waals surface area contributed by atoms with E-state index < -0.39 is 0 Å². The van der Waals surface area contributed by atoms with Gasteiger partial charge in [0.2, 0.25) is 0 Å². The topological polar surface area (TPSA) is 40.5 Å². The summed E-state index contributed by atoms with van der Waals surface area (Å²) >= 11 is 0. The highest BCUT2D eigenvalue weighted by Gasteiger charge is 2.64. The van der Waals surface area contributed by atoms with Crippen LogP contribution in [0.2, 0.25) is 0 Å². The lowest BCUT2D eigenvalue weighted by atomic mass is 9.56.